The number of rotatable bonds is 3. The van der Waals surface area contributed by atoms with Crippen molar-refractivity contribution in [2.45, 2.75) is 32.1 Å². The van der Waals surface area contributed by atoms with E-state index in [1.807, 2.05) is 0 Å². The molecule has 2 saturated carbocycles. The van der Waals surface area contributed by atoms with Crippen molar-refractivity contribution in [2.75, 3.05) is 19.6 Å². The maximum absolute atomic E-state index is 11.4. The summed E-state index contributed by atoms with van der Waals surface area (Å²) in [4.78, 5) is 13.8. The largest absolute Gasteiger partial charge is 0.481 e. The van der Waals surface area contributed by atoms with Crippen LogP contribution in [0.5, 0.6) is 0 Å². The maximum atomic E-state index is 11.4. The zero-order valence-corrected chi connectivity index (χ0v) is 9.11. The van der Waals surface area contributed by atoms with Gasteiger partial charge in [0.15, 0.2) is 0 Å². The minimum Gasteiger partial charge on any atom is -0.481 e. The summed E-state index contributed by atoms with van der Waals surface area (Å²) in [5, 5.41) is 9.42. The molecular formula is C12H19NO2. The molecule has 2 atom stereocenters. The molecule has 15 heavy (non-hydrogen) atoms. The summed E-state index contributed by atoms with van der Waals surface area (Å²) in [6, 6.07) is 0. The molecule has 0 aromatic heterocycles. The van der Waals surface area contributed by atoms with Gasteiger partial charge >= 0.3 is 5.97 Å². The fourth-order valence-electron chi connectivity index (χ4n) is 3.55. The second kappa shape index (κ2) is 3.21. The molecule has 0 spiro atoms. The van der Waals surface area contributed by atoms with E-state index in [0.29, 0.717) is 5.92 Å². The van der Waals surface area contributed by atoms with Crippen molar-refractivity contribution in [3.8, 4) is 0 Å². The molecule has 0 amide bonds. The quantitative estimate of drug-likeness (QED) is 0.767. The van der Waals surface area contributed by atoms with Gasteiger partial charge in [0.1, 0.15) is 0 Å². The first-order valence-corrected chi connectivity index (χ1v) is 6.16. The summed E-state index contributed by atoms with van der Waals surface area (Å²) in [7, 11) is 0. The SMILES string of the molecule is O=C(O)[C@@]12CCC[C@@H]1CN(CC1CC1)C2. The van der Waals surface area contributed by atoms with Crippen LogP contribution in [0.25, 0.3) is 0 Å². The van der Waals surface area contributed by atoms with Gasteiger partial charge in [0, 0.05) is 19.6 Å². The van der Waals surface area contributed by atoms with Crippen LogP contribution in [-0.2, 0) is 4.79 Å². The van der Waals surface area contributed by atoms with Crippen LogP contribution in [0.3, 0.4) is 0 Å². The minimum atomic E-state index is -0.539. The van der Waals surface area contributed by atoms with E-state index in [4.69, 9.17) is 0 Å². The number of carboxylic acids is 1. The average Bonchev–Trinajstić information content (AvgIpc) is 2.74. The number of carboxylic acid groups (broad SMARTS) is 1. The van der Waals surface area contributed by atoms with Gasteiger partial charge in [-0.2, -0.15) is 0 Å². The second-order valence-corrected chi connectivity index (χ2v) is 5.69. The molecule has 0 unspecified atom stereocenters. The van der Waals surface area contributed by atoms with Gasteiger partial charge in [-0.05, 0) is 37.5 Å². The smallest absolute Gasteiger partial charge is 0.311 e. The van der Waals surface area contributed by atoms with Crippen LogP contribution in [-0.4, -0.2) is 35.6 Å². The lowest BCUT2D eigenvalue weighted by atomic mass is 9.81. The normalized spacial score (nSPS) is 40.7. The highest BCUT2D eigenvalue weighted by atomic mass is 16.4. The molecule has 2 aliphatic carbocycles. The third kappa shape index (κ3) is 1.48. The van der Waals surface area contributed by atoms with Crippen molar-refractivity contribution in [1.29, 1.82) is 0 Å². The number of nitrogens with zero attached hydrogens (tertiary/aromatic N) is 1. The molecule has 1 saturated heterocycles. The molecule has 3 nitrogen and oxygen atoms in total. The van der Waals surface area contributed by atoms with Gasteiger partial charge in [0.25, 0.3) is 0 Å². The summed E-state index contributed by atoms with van der Waals surface area (Å²) in [5.41, 5.74) is -0.366. The van der Waals surface area contributed by atoms with Crippen LogP contribution >= 0.6 is 0 Å². The number of fused-ring (bicyclic) bond motifs is 1. The van der Waals surface area contributed by atoms with E-state index >= 15 is 0 Å². The first kappa shape index (κ1) is 9.64. The Morgan fingerprint density at radius 2 is 2.20 bits per heavy atom. The van der Waals surface area contributed by atoms with Gasteiger partial charge in [0.05, 0.1) is 5.41 Å². The lowest BCUT2D eigenvalue weighted by Crippen LogP contribution is -2.36. The number of carbonyl (C=O) groups is 1. The zero-order valence-electron chi connectivity index (χ0n) is 9.11. The Morgan fingerprint density at radius 1 is 1.40 bits per heavy atom. The number of hydrogen-bond acceptors (Lipinski definition) is 2. The Bertz CT molecular complexity index is 287. The first-order chi connectivity index (χ1) is 7.21. The standard InChI is InChI=1S/C12H19NO2/c14-11(15)12-5-1-2-10(12)7-13(8-12)6-9-3-4-9/h9-10H,1-8H2,(H,14,15)/t10-,12-/m1/s1. The van der Waals surface area contributed by atoms with E-state index in [0.717, 1.165) is 44.8 Å². The molecule has 0 bridgehead atoms. The number of likely N-dealkylation sites (tertiary alicyclic amines) is 1. The first-order valence-electron chi connectivity index (χ1n) is 6.16. The molecule has 3 heteroatoms. The average molecular weight is 209 g/mol. The molecular weight excluding hydrogens is 190 g/mol. The monoisotopic (exact) mass is 209 g/mol. The van der Waals surface area contributed by atoms with Gasteiger partial charge in [-0.1, -0.05) is 6.42 Å². The predicted octanol–water partition coefficient (Wildman–Crippen LogP) is 1.58. The molecule has 1 heterocycles. The van der Waals surface area contributed by atoms with Crippen LogP contribution < -0.4 is 0 Å². The topological polar surface area (TPSA) is 40.5 Å². The van der Waals surface area contributed by atoms with E-state index in [-0.39, 0.29) is 5.41 Å². The zero-order chi connectivity index (χ0) is 10.5. The Balaban J connectivity index is 1.72. The number of hydrogen-bond donors (Lipinski definition) is 1. The van der Waals surface area contributed by atoms with Gasteiger partial charge in [-0.25, -0.2) is 0 Å². The molecule has 3 fully saturated rings. The predicted molar refractivity (Wildman–Crippen MR) is 56.6 cm³/mol. The maximum Gasteiger partial charge on any atom is 0.311 e. The van der Waals surface area contributed by atoms with E-state index in [2.05, 4.69) is 4.90 Å². The molecule has 3 aliphatic rings. The van der Waals surface area contributed by atoms with Gasteiger partial charge in [-0.3, -0.25) is 4.79 Å². The molecule has 0 aromatic rings. The Labute approximate surface area is 90.5 Å². The van der Waals surface area contributed by atoms with Crippen LogP contribution in [0.1, 0.15) is 32.1 Å². The van der Waals surface area contributed by atoms with Crippen molar-refractivity contribution in [2.24, 2.45) is 17.3 Å². The lowest BCUT2D eigenvalue weighted by Gasteiger charge is -2.23. The summed E-state index contributed by atoms with van der Waals surface area (Å²) in [6.07, 6.45) is 5.89. The third-order valence-electron chi connectivity index (χ3n) is 4.58. The van der Waals surface area contributed by atoms with Crippen LogP contribution in [0, 0.1) is 17.3 Å². The highest BCUT2D eigenvalue weighted by Gasteiger charge is 2.54. The van der Waals surface area contributed by atoms with E-state index in [1.54, 1.807) is 0 Å². The highest BCUT2D eigenvalue weighted by molar-refractivity contribution is 5.76. The van der Waals surface area contributed by atoms with E-state index in [9.17, 15) is 9.90 Å². The Hall–Kier alpha value is -0.570. The molecule has 84 valence electrons. The molecule has 0 radical (unpaired) electrons. The van der Waals surface area contributed by atoms with Gasteiger partial charge in [-0.15, -0.1) is 0 Å². The van der Waals surface area contributed by atoms with Crippen LogP contribution in [0.2, 0.25) is 0 Å². The summed E-state index contributed by atoms with van der Waals surface area (Å²) in [6.45, 7) is 3.03. The Morgan fingerprint density at radius 3 is 2.80 bits per heavy atom. The molecule has 1 aliphatic heterocycles. The summed E-state index contributed by atoms with van der Waals surface area (Å²) >= 11 is 0. The van der Waals surface area contributed by atoms with Gasteiger partial charge in [0.2, 0.25) is 0 Å². The molecule has 1 N–H and O–H groups in total. The van der Waals surface area contributed by atoms with Gasteiger partial charge < -0.3 is 10.0 Å². The lowest BCUT2D eigenvalue weighted by molar-refractivity contribution is -0.149. The Kier molecular flexibility index (Phi) is 2.06. The summed E-state index contributed by atoms with van der Waals surface area (Å²) in [5.74, 6) is 0.784. The van der Waals surface area contributed by atoms with Crippen molar-refractivity contribution >= 4 is 5.97 Å². The van der Waals surface area contributed by atoms with Crippen LogP contribution in [0.4, 0.5) is 0 Å². The third-order valence-corrected chi connectivity index (χ3v) is 4.58. The van der Waals surface area contributed by atoms with Crippen molar-refractivity contribution in [3.63, 3.8) is 0 Å². The number of aliphatic carboxylic acids is 1. The van der Waals surface area contributed by atoms with Crippen LogP contribution in [0.15, 0.2) is 0 Å². The summed E-state index contributed by atoms with van der Waals surface area (Å²) < 4.78 is 0. The second-order valence-electron chi connectivity index (χ2n) is 5.69. The minimum absolute atomic E-state index is 0.366. The molecule has 0 aromatic carbocycles. The van der Waals surface area contributed by atoms with Crippen molar-refractivity contribution in [1.82, 2.24) is 4.90 Å². The highest BCUT2D eigenvalue weighted by Crippen LogP contribution is 2.49. The van der Waals surface area contributed by atoms with Crippen molar-refractivity contribution in [3.05, 3.63) is 0 Å². The molecule has 3 rings (SSSR count). The van der Waals surface area contributed by atoms with E-state index in [1.165, 1.54) is 12.8 Å². The van der Waals surface area contributed by atoms with E-state index < -0.39 is 5.97 Å². The van der Waals surface area contributed by atoms with Crippen molar-refractivity contribution < 1.29 is 9.90 Å². The fourth-order valence-corrected chi connectivity index (χ4v) is 3.55. The fraction of sp³-hybridized carbons (Fsp3) is 0.917.